The van der Waals surface area contributed by atoms with Crippen molar-refractivity contribution in [2.24, 2.45) is 0 Å². The number of hydrogen-bond acceptors (Lipinski definition) is 7. The van der Waals surface area contributed by atoms with Crippen LogP contribution in [0.2, 0.25) is 0 Å². The van der Waals surface area contributed by atoms with Crippen molar-refractivity contribution in [1.82, 2.24) is 4.57 Å². The van der Waals surface area contributed by atoms with Crippen LogP contribution in [0.15, 0.2) is 41.3 Å². The summed E-state index contributed by atoms with van der Waals surface area (Å²) in [5.74, 6) is 0. The molecular weight excluding hydrogens is 377 g/mol. The molecule has 2 fully saturated rings. The molecule has 0 amide bonds. The van der Waals surface area contributed by atoms with Gasteiger partial charge in [-0.3, -0.25) is 18.4 Å². The molecule has 5 atom stereocenters. The van der Waals surface area contributed by atoms with Crippen molar-refractivity contribution in [2.75, 3.05) is 27.4 Å². The van der Waals surface area contributed by atoms with E-state index in [0.29, 0.717) is 5.39 Å². The smallest absolute Gasteiger partial charge is 0.381 e. The summed E-state index contributed by atoms with van der Waals surface area (Å²) in [5, 5.41) is 1.34. The normalized spacial score (nSPS) is 32.0. The van der Waals surface area contributed by atoms with Crippen molar-refractivity contribution >= 4 is 18.6 Å². The molecule has 4 rings (SSSR count). The second-order valence-electron chi connectivity index (χ2n) is 6.57. The summed E-state index contributed by atoms with van der Waals surface area (Å²) in [4.78, 5) is 22.7. The Balaban J connectivity index is 1.75. The van der Waals surface area contributed by atoms with E-state index in [1.807, 2.05) is 12.1 Å². The van der Waals surface area contributed by atoms with Gasteiger partial charge in [-0.25, -0.2) is 4.57 Å². The van der Waals surface area contributed by atoms with Gasteiger partial charge in [0.1, 0.15) is 17.8 Å². The fourth-order valence-electron chi connectivity index (χ4n) is 3.71. The van der Waals surface area contributed by atoms with Gasteiger partial charge >= 0.3 is 7.82 Å². The largest absolute Gasteiger partial charge is 0.472 e. The molecule has 0 aliphatic carbocycles. The van der Waals surface area contributed by atoms with E-state index in [2.05, 4.69) is 4.52 Å². The Hall–Kier alpha value is -1.58. The van der Waals surface area contributed by atoms with Gasteiger partial charge in [0.05, 0.1) is 13.2 Å². The molecule has 0 radical (unpaired) electrons. The number of rotatable bonds is 6. The van der Waals surface area contributed by atoms with Crippen LogP contribution >= 0.6 is 7.82 Å². The van der Waals surface area contributed by atoms with Crippen LogP contribution in [0.1, 0.15) is 6.23 Å². The molecule has 3 heterocycles. The standard InChI is InChI=1S/C17H20NO8P/c1-22-9-17-10-24-13(14(17)26-27(20,21)23-2)16(25-17)18-8-7-11-5-3-4-6-12(11)15(18)19/h3-8,13-14,16H,9-10H2,1-2H3,(H,20,21)/t13-,14+,16-,17+/m1/s1. The molecule has 2 saturated heterocycles. The van der Waals surface area contributed by atoms with E-state index >= 15 is 0 Å². The monoisotopic (exact) mass is 397 g/mol. The summed E-state index contributed by atoms with van der Waals surface area (Å²) in [6.45, 7) is 0.176. The predicted octanol–water partition coefficient (Wildman–Crippen LogP) is 1.45. The van der Waals surface area contributed by atoms with E-state index in [9.17, 15) is 14.3 Å². The molecule has 10 heteroatoms. The zero-order chi connectivity index (χ0) is 19.2. The van der Waals surface area contributed by atoms with E-state index in [4.69, 9.17) is 18.7 Å². The van der Waals surface area contributed by atoms with Gasteiger partial charge in [-0.15, -0.1) is 0 Å². The average molecular weight is 397 g/mol. The maximum absolute atomic E-state index is 12.9. The summed E-state index contributed by atoms with van der Waals surface area (Å²) in [6, 6.07) is 9.01. The van der Waals surface area contributed by atoms with E-state index < -0.39 is 31.9 Å². The highest BCUT2D eigenvalue weighted by atomic mass is 31.2. The Bertz CT molecular complexity index is 961. The van der Waals surface area contributed by atoms with Gasteiger partial charge in [0.25, 0.3) is 5.56 Å². The van der Waals surface area contributed by atoms with Crippen molar-refractivity contribution in [3.63, 3.8) is 0 Å². The van der Waals surface area contributed by atoms with Gasteiger partial charge in [-0.05, 0) is 17.5 Å². The van der Waals surface area contributed by atoms with Crippen molar-refractivity contribution < 1.29 is 32.7 Å². The van der Waals surface area contributed by atoms with Crippen LogP contribution in [-0.4, -0.2) is 54.7 Å². The molecule has 27 heavy (non-hydrogen) atoms. The highest BCUT2D eigenvalue weighted by molar-refractivity contribution is 7.47. The van der Waals surface area contributed by atoms with Gasteiger partial charge < -0.3 is 19.1 Å². The van der Waals surface area contributed by atoms with Crippen molar-refractivity contribution in [3.8, 4) is 0 Å². The minimum absolute atomic E-state index is 0.0662. The van der Waals surface area contributed by atoms with Crippen LogP contribution < -0.4 is 5.56 Å². The number of nitrogens with zero attached hydrogens (tertiary/aromatic N) is 1. The summed E-state index contributed by atoms with van der Waals surface area (Å²) in [6.07, 6.45) is -0.912. The maximum atomic E-state index is 12.9. The second-order valence-corrected chi connectivity index (χ2v) is 8.09. The first-order valence-electron chi connectivity index (χ1n) is 8.36. The maximum Gasteiger partial charge on any atom is 0.472 e. The number of methoxy groups -OCH3 is 1. The summed E-state index contributed by atoms with van der Waals surface area (Å²) >= 11 is 0. The lowest BCUT2D eigenvalue weighted by atomic mass is 10.0. The lowest BCUT2D eigenvalue weighted by Crippen LogP contribution is -2.45. The zero-order valence-corrected chi connectivity index (χ0v) is 15.7. The Morgan fingerprint density at radius 3 is 2.85 bits per heavy atom. The first-order valence-corrected chi connectivity index (χ1v) is 9.85. The van der Waals surface area contributed by atoms with E-state index in [0.717, 1.165) is 12.5 Å². The first-order chi connectivity index (χ1) is 12.9. The molecule has 2 aromatic rings. The molecule has 1 aromatic heterocycles. The van der Waals surface area contributed by atoms with Crippen LogP contribution in [-0.2, 0) is 27.8 Å². The van der Waals surface area contributed by atoms with Crippen LogP contribution in [0.4, 0.5) is 0 Å². The number of phosphoric acid groups is 1. The zero-order valence-electron chi connectivity index (χ0n) is 14.8. The first kappa shape index (κ1) is 18.8. The lowest BCUT2D eigenvalue weighted by molar-refractivity contribution is -0.190. The predicted molar refractivity (Wildman–Crippen MR) is 94.4 cm³/mol. The van der Waals surface area contributed by atoms with Gasteiger partial charge in [-0.2, -0.15) is 0 Å². The summed E-state index contributed by atoms with van der Waals surface area (Å²) in [5.41, 5.74) is -1.37. The molecule has 146 valence electrons. The van der Waals surface area contributed by atoms with E-state index in [1.54, 1.807) is 24.4 Å². The molecule has 0 saturated carbocycles. The number of fused-ring (bicyclic) bond motifs is 3. The SMILES string of the molecule is COC[C@@]12CO[C@@H]([C@H](n3ccc4ccccc4c3=O)O1)[C@@H]2OP(=O)(O)OC. The van der Waals surface area contributed by atoms with Gasteiger partial charge in [0, 0.05) is 25.8 Å². The van der Waals surface area contributed by atoms with E-state index in [-0.39, 0.29) is 18.8 Å². The molecule has 1 aromatic carbocycles. The van der Waals surface area contributed by atoms with Crippen molar-refractivity contribution in [1.29, 1.82) is 0 Å². The van der Waals surface area contributed by atoms with Crippen molar-refractivity contribution in [3.05, 3.63) is 46.9 Å². The molecule has 1 N–H and O–H groups in total. The number of pyridine rings is 1. The molecule has 2 aliphatic heterocycles. The van der Waals surface area contributed by atoms with Gasteiger partial charge in [0.15, 0.2) is 6.23 Å². The van der Waals surface area contributed by atoms with Crippen LogP contribution in [0, 0.1) is 0 Å². The third-order valence-corrected chi connectivity index (χ3v) is 5.91. The molecule has 2 aliphatic rings. The number of hydrogen-bond donors (Lipinski definition) is 1. The highest BCUT2D eigenvalue weighted by Gasteiger charge is 2.64. The van der Waals surface area contributed by atoms with Gasteiger partial charge in [0.2, 0.25) is 0 Å². The quantitative estimate of drug-likeness (QED) is 0.731. The van der Waals surface area contributed by atoms with Crippen molar-refractivity contribution in [2.45, 2.75) is 24.0 Å². The van der Waals surface area contributed by atoms with E-state index in [1.165, 1.54) is 11.7 Å². The fourth-order valence-corrected chi connectivity index (χ4v) is 4.40. The Morgan fingerprint density at radius 2 is 2.11 bits per heavy atom. The van der Waals surface area contributed by atoms with Gasteiger partial charge in [-0.1, -0.05) is 18.2 Å². The number of phosphoric ester groups is 1. The minimum Gasteiger partial charge on any atom is -0.381 e. The summed E-state index contributed by atoms with van der Waals surface area (Å²) < 4.78 is 40.3. The number of ether oxygens (including phenoxy) is 3. The second kappa shape index (κ2) is 6.79. The van der Waals surface area contributed by atoms with Crippen LogP contribution in [0.25, 0.3) is 10.8 Å². The summed E-state index contributed by atoms with van der Waals surface area (Å²) in [7, 11) is -1.74. The molecule has 9 nitrogen and oxygen atoms in total. The van der Waals surface area contributed by atoms with Crippen LogP contribution in [0.3, 0.4) is 0 Å². The highest BCUT2D eigenvalue weighted by Crippen LogP contribution is 2.54. The number of benzene rings is 1. The Kier molecular flexibility index (Phi) is 4.72. The molecule has 1 unspecified atom stereocenters. The molecular formula is C17H20NO8P. The fraction of sp³-hybridized carbons (Fsp3) is 0.471. The number of aromatic nitrogens is 1. The average Bonchev–Trinajstić information content (AvgIpc) is 3.13. The van der Waals surface area contributed by atoms with Crippen LogP contribution in [0.5, 0.6) is 0 Å². The molecule has 0 spiro atoms. The third kappa shape index (κ3) is 3.05. The molecule has 2 bridgehead atoms. The Morgan fingerprint density at radius 1 is 1.33 bits per heavy atom. The Labute approximate surface area is 155 Å². The minimum atomic E-state index is -4.30. The third-order valence-electron chi connectivity index (χ3n) is 4.95. The topological polar surface area (TPSA) is 105 Å². The lowest BCUT2D eigenvalue weighted by Gasteiger charge is -2.31.